The normalized spacial score (nSPS) is 14.3. The van der Waals surface area contributed by atoms with Gasteiger partial charge < -0.3 is 9.47 Å². The Labute approximate surface area is 98.5 Å². The van der Waals surface area contributed by atoms with Crippen LogP contribution in [0, 0.1) is 0 Å². The van der Waals surface area contributed by atoms with E-state index in [0.717, 1.165) is 0 Å². The lowest BCUT2D eigenvalue weighted by atomic mass is 10.2. The van der Waals surface area contributed by atoms with Gasteiger partial charge in [0.05, 0.1) is 0 Å². The van der Waals surface area contributed by atoms with Gasteiger partial charge in [-0.2, -0.15) is 5.21 Å². The smallest absolute Gasteiger partial charge is 0.297 e. The molecule has 0 aliphatic carbocycles. The standard InChI is InChI=1S/C10H14N4O3/c1-4-9(7(2)5-16-6-15)17-8(3)10-11-13-14-12-10/h4-6,8H,1-3H3,(H,11,12,13,14)/b7-5+,9-4+. The van der Waals surface area contributed by atoms with E-state index >= 15 is 0 Å². The van der Waals surface area contributed by atoms with Crippen LogP contribution in [0.4, 0.5) is 0 Å². The van der Waals surface area contributed by atoms with Gasteiger partial charge in [-0.25, -0.2) is 0 Å². The summed E-state index contributed by atoms with van der Waals surface area (Å²) in [4.78, 5) is 10.1. The molecule has 0 radical (unpaired) electrons. The van der Waals surface area contributed by atoms with Gasteiger partial charge in [-0.15, -0.1) is 10.2 Å². The van der Waals surface area contributed by atoms with Gasteiger partial charge in [-0.3, -0.25) is 4.79 Å². The van der Waals surface area contributed by atoms with Gasteiger partial charge in [0, 0.05) is 5.57 Å². The van der Waals surface area contributed by atoms with Gasteiger partial charge in [0.2, 0.25) is 5.82 Å². The van der Waals surface area contributed by atoms with E-state index in [1.54, 1.807) is 19.9 Å². The summed E-state index contributed by atoms with van der Waals surface area (Å²) >= 11 is 0. The van der Waals surface area contributed by atoms with E-state index in [2.05, 4.69) is 25.4 Å². The monoisotopic (exact) mass is 238 g/mol. The Morgan fingerprint density at radius 1 is 1.53 bits per heavy atom. The van der Waals surface area contributed by atoms with Gasteiger partial charge in [-0.1, -0.05) is 5.21 Å². The molecule has 92 valence electrons. The van der Waals surface area contributed by atoms with Gasteiger partial charge in [0.25, 0.3) is 6.47 Å². The predicted octanol–water partition coefficient (Wildman–Crippen LogP) is 1.26. The number of tetrazole rings is 1. The number of hydrogen-bond acceptors (Lipinski definition) is 6. The molecule has 1 aromatic heterocycles. The molecule has 0 bridgehead atoms. The van der Waals surface area contributed by atoms with E-state index in [1.165, 1.54) is 6.26 Å². The summed E-state index contributed by atoms with van der Waals surface area (Å²) in [5.41, 5.74) is 0.690. The van der Waals surface area contributed by atoms with Crippen molar-refractivity contribution in [2.45, 2.75) is 26.9 Å². The molecule has 1 heterocycles. The minimum Gasteiger partial charge on any atom is -0.483 e. The molecular weight excluding hydrogens is 224 g/mol. The van der Waals surface area contributed by atoms with Crippen molar-refractivity contribution < 1.29 is 14.3 Å². The van der Waals surface area contributed by atoms with Crippen molar-refractivity contribution in [3.05, 3.63) is 29.5 Å². The fraction of sp³-hybridized carbons (Fsp3) is 0.400. The van der Waals surface area contributed by atoms with Gasteiger partial charge in [0.1, 0.15) is 12.0 Å². The van der Waals surface area contributed by atoms with Crippen molar-refractivity contribution in [1.82, 2.24) is 20.6 Å². The molecule has 7 nitrogen and oxygen atoms in total. The van der Waals surface area contributed by atoms with Crippen LogP contribution in [0.1, 0.15) is 32.7 Å². The number of aromatic amines is 1. The summed E-state index contributed by atoms with van der Waals surface area (Å²) in [7, 11) is 0. The second-order valence-electron chi connectivity index (χ2n) is 3.22. The highest BCUT2D eigenvalue weighted by Gasteiger charge is 2.14. The molecule has 0 spiro atoms. The first-order chi connectivity index (χ1) is 8.19. The fourth-order valence-corrected chi connectivity index (χ4v) is 1.16. The van der Waals surface area contributed by atoms with E-state index in [0.29, 0.717) is 23.6 Å². The topological polar surface area (TPSA) is 90.0 Å². The third-order valence-corrected chi connectivity index (χ3v) is 1.98. The minimum atomic E-state index is -0.348. The van der Waals surface area contributed by atoms with E-state index in [4.69, 9.17) is 4.74 Å². The third-order valence-electron chi connectivity index (χ3n) is 1.98. The third kappa shape index (κ3) is 3.71. The SMILES string of the molecule is C/C=C(OC(C)c1nn[nH]n1)\C(C)=C\OC=O. The average Bonchev–Trinajstić information content (AvgIpc) is 2.86. The van der Waals surface area contributed by atoms with E-state index in [1.807, 2.05) is 6.92 Å². The number of nitrogens with one attached hydrogen (secondary N) is 1. The van der Waals surface area contributed by atoms with Gasteiger partial charge >= 0.3 is 0 Å². The molecule has 0 saturated heterocycles. The number of nitrogens with zero attached hydrogens (tertiary/aromatic N) is 3. The summed E-state index contributed by atoms with van der Waals surface area (Å²) in [6, 6.07) is 0. The Morgan fingerprint density at radius 2 is 2.29 bits per heavy atom. The van der Waals surface area contributed by atoms with Crippen LogP contribution in [0.5, 0.6) is 0 Å². The van der Waals surface area contributed by atoms with E-state index < -0.39 is 0 Å². The summed E-state index contributed by atoms with van der Waals surface area (Å²) in [6.07, 6.45) is 2.72. The summed E-state index contributed by atoms with van der Waals surface area (Å²) in [5, 5.41) is 13.4. The number of hydrogen-bond donors (Lipinski definition) is 1. The first-order valence-electron chi connectivity index (χ1n) is 5.01. The molecule has 1 atom stereocenters. The number of carbonyl (C=O) groups excluding carboxylic acids is 1. The number of allylic oxidation sites excluding steroid dienone is 2. The van der Waals surface area contributed by atoms with Crippen molar-refractivity contribution in [2.75, 3.05) is 0 Å². The van der Waals surface area contributed by atoms with Crippen LogP contribution < -0.4 is 0 Å². The Balaban J connectivity index is 2.68. The zero-order chi connectivity index (χ0) is 12.7. The second-order valence-corrected chi connectivity index (χ2v) is 3.22. The molecule has 1 unspecified atom stereocenters. The maximum Gasteiger partial charge on any atom is 0.297 e. The Hall–Kier alpha value is -2.18. The maximum absolute atomic E-state index is 10.1. The van der Waals surface area contributed by atoms with Crippen molar-refractivity contribution >= 4 is 6.47 Å². The molecule has 0 fully saturated rings. The van der Waals surface area contributed by atoms with Gasteiger partial charge in [-0.05, 0) is 26.8 Å². The van der Waals surface area contributed by atoms with E-state index in [9.17, 15) is 4.79 Å². The first-order valence-corrected chi connectivity index (χ1v) is 5.01. The summed E-state index contributed by atoms with van der Waals surface area (Å²) < 4.78 is 10.2. The molecule has 0 aromatic carbocycles. The molecule has 0 saturated carbocycles. The molecule has 1 rings (SSSR count). The van der Waals surface area contributed by atoms with Crippen LogP contribution in [-0.4, -0.2) is 27.1 Å². The maximum atomic E-state index is 10.1. The Bertz CT molecular complexity index is 411. The number of H-pyrrole nitrogens is 1. The zero-order valence-corrected chi connectivity index (χ0v) is 9.88. The lowest BCUT2D eigenvalue weighted by molar-refractivity contribution is -0.123. The van der Waals surface area contributed by atoms with Crippen LogP contribution in [0.3, 0.4) is 0 Å². The average molecular weight is 238 g/mol. The molecule has 1 aromatic rings. The largest absolute Gasteiger partial charge is 0.483 e. The lowest BCUT2D eigenvalue weighted by Gasteiger charge is -2.14. The van der Waals surface area contributed by atoms with Crippen LogP contribution >= 0.6 is 0 Å². The van der Waals surface area contributed by atoms with Crippen molar-refractivity contribution in [2.24, 2.45) is 0 Å². The number of rotatable bonds is 6. The fourth-order valence-electron chi connectivity index (χ4n) is 1.16. The molecule has 0 aliphatic rings. The van der Waals surface area contributed by atoms with Crippen molar-refractivity contribution in [3.8, 4) is 0 Å². The predicted molar refractivity (Wildman–Crippen MR) is 58.3 cm³/mol. The Morgan fingerprint density at radius 3 is 2.82 bits per heavy atom. The lowest BCUT2D eigenvalue weighted by Crippen LogP contribution is -2.03. The van der Waals surface area contributed by atoms with Crippen molar-refractivity contribution in [1.29, 1.82) is 0 Å². The van der Waals surface area contributed by atoms with Gasteiger partial charge in [0.15, 0.2) is 6.10 Å². The highest BCUT2D eigenvalue weighted by atomic mass is 16.5. The number of ether oxygens (including phenoxy) is 2. The van der Waals surface area contributed by atoms with Crippen molar-refractivity contribution in [3.63, 3.8) is 0 Å². The summed E-state index contributed by atoms with van der Waals surface area (Å²) in [5.74, 6) is 1.04. The molecule has 0 amide bonds. The highest BCUT2D eigenvalue weighted by Crippen LogP contribution is 2.20. The quantitative estimate of drug-likeness (QED) is 0.456. The minimum absolute atomic E-state index is 0.347. The molecule has 1 N–H and O–H groups in total. The molecule has 0 aliphatic heterocycles. The highest BCUT2D eigenvalue weighted by molar-refractivity contribution is 5.39. The molecule has 7 heteroatoms. The molecular formula is C10H14N4O3. The van der Waals surface area contributed by atoms with Crippen LogP contribution in [0.25, 0.3) is 0 Å². The van der Waals surface area contributed by atoms with Crippen LogP contribution in [-0.2, 0) is 14.3 Å². The number of aromatic nitrogens is 4. The molecule has 17 heavy (non-hydrogen) atoms. The Kier molecular flexibility index (Phi) is 4.86. The second kappa shape index (κ2) is 6.41. The van der Waals surface area contributed by atoms with Crippen LogP contribution in [0.2, 0.25) is 0 Å². The first kappa shape index (κ1) is 12.9. The number of carbonyl (C=O) groups is 1. The van der Waals surface area contributed by atoms with E-state index in [-0.39, 0.29) is 6.10 Å². The zero-order valence-electron chi connectivity index (χ0n) is 9.88. The summed E-state index contributed by atoms with van der Waals surface area (Å²) in [6.45, 7) is 5.72. The van der Waals surface area contributed by atoms with Crippen LogP contribution in [0.15, 0.2) is 23.7 Å².